The fourth-order valence-corrected chi connectivity index (χ4v) is 1.97. The number of nitrogens with zero attached hydrogens (tertiary/aromatic N) is 3. The molecule has 4 nitrogen and oxygen atoms in total. The summed E-state index contributed by atoms with van der Waals surface area (Å²) in [6.07, 6.45) is 4.79. The molecule has 0 fully saturated rings. The van der Waals surface area contributed by atoms with Crippen LogP contribution in [0, 0.1) is 5.95 Å². The summed E-state index contributed by atoms with van der Waals surface area (Å²) in [7, 11) is 1.84. The Bertz CT molecular complexity index is 725. The quantitative estimate of drug-likeness (QED) is 0.714. The van der Waals surface area contributed by atoms with Crippen LogP contribution < -0.4 is 5.32 Å². The molecule has 0 amide bonds. The van der Waals surface area contributed by atoms with Crippen LogP contribution in [0.25, 0.3) is 22.2 Å². The maximum Gasteiger partial charge on any atom is 0.212 e. The first-order chi connectivity index (χ1) is 9.28. The van der Waals surface area contributed by atoms with Crippen LogP contribution in [0.15, 0.2) is 42.9 Å². The van der Waals surface area contributed by atoms with Gasteiger partial charge >= 0.3 is 0 Å². The largest absolute Gasteiger partial charge is 0.388 e. The van der Waals surface area contributed by atoms with Gasteiger partial charge in [0.25, 0.3) is 0 Å². The molecule has 5 heteroatoms. The molecule has 0 saturated heterocycles. The molecule has 0 radical (unpaired) electrons. The highest BCUT2D eigenvalue weighted by Crippen LogP contribution is 2.29. The van der Waals surface area contributed by atoms with Crippen LogP contribution in [0.2, 0.25) is 0 Å². The number of aromatic nitrogens is 3. The van der Waals surface area contributed by atoms with Gasteiger partial charge in [-0.05, 0) is 24.3 Å². The fraction of sp³-hybridized carbons (Fsp3) is 0.0714. The summed E-state index contributed by atoms with van der Waals surface area (Å²) in [6.45, 7) is 0. The Labute approximate surface area is 109 Å². The second kappa shape index (κ2) is 4.61. The molecule has 1 aromatic carbocycles. The van der Waals surface area contributed by atoms with E-state index in [0.717, 1.165) is 27.8 Å². The average Bonchev–Trinajstić information content (AvgIpc) is 2.47. The van der Waals surface area contributed by atoms with Gasteiger partial charge in [-0.2, -0.15) is 4.39 Å². The molecule has 0 aliphatic carbocycles. The maximum atomic E-state index is 12.9. The van der Waals surface area contributed by atoms with Gasteiger partial charge in [0.15, 0.2) is 0 Å². The summed E-state index contributed by atoms with van der Waals surface area (Å²) >= 11 is 0. The van der Waals surface area contributed by atoms with Gasteiger partial charge in [0.1, 0.15) is 0 Å². The minimum Gasteiger partial charge on any atom is -0.388 e. The number of hydrogen-bond acceptors (Lipinski definition) is 4. The van der Waals surface area contributed by atoms with Gasteiger partial charge in [-0.25, -0.2) is 4.98 Å². The molecule has 0 aliphatic heterocycles. The summed E-state index contributed by atoms with van der Waals surface area (Å²) < 4.78 is 12.9. The Balaban J connectivity index is 2.29. The van der Waals surface area contributed by atoms with Crippen LogP contribution in [-0.4, -0.2) is 22.0 Å². The van der Waals surface area contributed by atoms with Crippen molar-refractivity contribution >= 4 is 16.7 Å². The Morgan fingerprint density at radius 1 is 1.05 bits per heavy atom. The van der Waals surface area contributed by atoms with Crippen LogP contribution in [0.4, 0.5) is 10.1 Å². The summed E-state index contributed by atoms with van der Waals surface area (Å²) in [6, 6.07) is 6.89. The molecule has 2 heterocycles. The maximum absolute atomic E-state index is 12.9. The lowest BCUT2D eigenvalue weighted by Crippen LogP contribution is -1.93. The lowest BCUT2D eigenvalue weighted by Gasteiger charge is -2.08. The van der Waals surface area contributed by atoms with Gasteiger partial charge in [0.05, 0.1) is 11.0 Å². The molecule has 0 saturated carbocycles. The molecule has 0 aliphatic rings. The van der Waals surface area contributed by atoms with E-state index in [1.807, 2.05) is 19.2 Å². The lowest BCUT2D eigenvalue weighted by atomic mass is 10.0. The van der Waals surface area contributed by atoms with Crippen molar-refractivity contribution in [2.75, 3.05) is 12.4 Å². The first kappa shape index (κ1) is 11.5. The molecule has 1 N–H and O–H groups in total. The zero-order chi connectivity index (χ0) is 13.2. The summed E-state index contributed by atoms with van der Waals surface area (Å²) in [5.41, 5.74) is 4.17. The predicted octanol–water partition coefficient (Wildman–Crippen LogP) is 2.87. The van der Waals surface area contributed by atoms with Gasteiger partial charge in [-0.1, -0.05) is 0 Å². The Morgan fingerprint density at radius 2 is 1.89 bits per heavy atom. The Kier molecular flexibility index (Phi) is 2.79. The normalized spacial score (nSPS) is 10.6. The lowest BCUT2D eigenvalue weighted by molar-refractivity contribution is 0.584. The standard InChI is InChI=1S/C14H11FN4/c1-16-10-6-11(9-2-3-13(15)19-8-9)14-12(7-10)17-4-5-18-14/h2-8,16H,1H3. The Morgan fingerprint density at radius 3 is 2.63 bits per heavy atom. The number of nitrogens with one attached hydrogen (secondary N) is 1. The Hall–Kier alpha value is -2.56. The van der Waals surface area contributed by atoms with Crippen molar-refractivity contribution in [1.82, 2.24) is 15.0 Å². The SMILES string of the molecule is CNc1cc(-c2ccc(F)nc2)c2nccnc2c1. The number of benzene rings is 1. The summed E-state index contributed by atoms with van der Waals surface area (Å²) in [5, 5.41) is 3.08. The third kappa shape index (κ3) is 2.10. The van der Waals surface area contributed by atoms with Crippen molar-refractivity contribution in [1.29, 1.82) is 0 Å². The highest BCUT2D eigenvalue weighted by Gasteiger charge is 2.08. The van der Waals surface area contributed by atoms with E-state index in [-0.39, 0.29) is 0 Å². The van der Waals surface area contributed by atoms with E-state index >= 15 is 0 Å². The number of pyridine rings is 1. The molecular weight excluding hydrogens is 243 g/mol. The first-order valence-corrected chi connectivity index (χ1v) is 5.82. The monoisotopic (exact) mass is 254 g/mol. The van der Waals surface area contributed by atoms with Crippen molar-refractivity contribution in [3.05, 3.63) is 48.8 Å². The van der Waals surface area contributed by atoms with E-state index in [9.17, 15) is 4.39 Å². The van der Waals surface area contributed by atoms with Gasteiger partial charge < -0.3 is 5.32 Å². The molecule has 0 spiro atoms. The predicted molar refractivity (Wildman–Crippen MR) is 72.3 cm³/mol. The van der Waals surface area contributed by atoms with E-state index < -0.39 is 5.95 Å². The van der Waals surface area contributed by atoms with Gasteiger partial charge in [0.2, 0.25) is 5.95 Å². The highest BCUT2D eigenvalue weighted by atomic mass is 19.1. The second-order valence-electron chi connectivity index (χ2n) is 4.07. The first-order valence-electron chi connectivity index (χ1n) is 5.82. The summed E-state index contributed by atoms with van der Waals surface area (Å²) in [4.78, 5) is 12.3. The number of hydrogen-bond donors (Lipinski definition) is 1. The van der Waals surface area contributed by atoms with E-state index in [2.05, 4.69) is 20.3 Å². The third-order valence-electron chi connectivity index (χ3n) is 2.90. The molecule has 94 valence electrons. The van der Waals surface area contributed by atoms with Crippen LogP contribution in [0.5, 0.6) is 0 Å². The van der Waals surface area contributed by atoms with Gasteiger partial charge in [-0.15, -0.1) is 0 Å². The number of fused-ring (bicyclic) bond motifs is 1. The zero-order valence-electron chi connectivity index (χ0n) is 10.3. The van der Waals surface area contributed by atoms with E-state index in [1.54, 1.807) is 18.5 Å². The molecule has 0 unspecified atom stereocenters. The molecule has 19 heavy (non-hydrogen) atoms. The van der Waals surface area contributed by atoms with E-state index in [4.69, 9.17) is 0 Å². The van der Waals surface area contributed by atoms with Crippen molar-refractivity contribution in [3.63, 3.8) is 0 Å². The van der Waals surface area contributed by atoms with E-state index in [1.165, 1.54) is 12.3 Å². The highest BCUT2D eigenvalue weighted by molar-refractivity contribution is 5.94. The molecule has 0 bridgehead atoms. The second-order valence-corrected chi connectivity index (χ2v) is 4.07. The smallest absolute Gasteiger partial charge is 0.212 e. The van der Waals surface area contributed by atoms with Crippen molar-refractivity contribution in [2.24, 2.45) is 0 Å². The number of halogens is 1. The summed E-state index contributed by atoms with van der Waals surface area (Å²) in [5.74, 6) is -0.496. The zero-order valence-corrected chi connectivity index (χ0v) is 10.3. The third-order valence-corrected chi connectivity index (χ3v) is 2.90. The van der Waals surface area contributed by atoms with Gasteiger partial charge in [0, 0.05) is 42.5 Å². The fourth-order valence-electron chi connectivity index (χ4n) is 1.97. The molecular formula is C14H11FN4. The average molecular weight is 254 g/mol. The molecule has 0 atom stereocenters. The minimum absolute atomic E-state index is 0.496. The van der Waals surface area contributed by atoms with Crippen molar-refractivity contribution in [2.45, 2.75) is 0 Å². The number of rotatable bonds is 2. The van der Waals surface area contributed by atoms with Crippen molar-refractivity contribution in [3.8, 4) is 11.1 Å². The minimum atomic E-state index is -0.496. The molecule has 2 aromatic heterocycles. The van der Waals surface area contributed by atoms with Crippen molar-refractivity contribution < 1.29 is 4.39 Å². The molecule has 3 rings (SSSR count). The van der Waals surface area contributed by atoms with Crippen LogP contribution >= 0.6 is 0 Å². The van der Waals surface area contributed by atoms with Gasteiger partial charge in [-0.3, -0.25) is 9.97 Å². The molecule has 3 aromatic rings. The van der Waals surface area contributed by atoms with Crippen LogP contribution in [0.3, 0.4) is 0 Å². The van der Waals surface area contributed by atoms with Crippen LogP contribution in [-0.2, 0) is 0 Å². The topological polar surface area (TPSA) is 50.7 Å². The van der Waals surface area contributed by atoms with Crippen LogP contribution in [0.1, 0.15) is 0 Å². The van der Waals surface area contributed by atoms with E-state index in [0.29, 0.717) is 0 Å². The number of anilines is 1.